The zero-order valence-corrected chi connectivity index (χ0v) is 21.6. The van der Waals surface area contributed by atoms with Gasteiger partial charge in [0, 0.05) is 49.5 Å². The molecule has 232 valence electrons. The highest BCUT2D eigenvalue weighted by Gasteiger charge is 2.45. The maximum Gasteiger partial charge on any atom is 0.491 e. The van der Waals surface area contributed by atoms with Crippen molar-refractivity contribution in [2.45, 2.75) is 18.9 Å². The highest BCUT2D eigenvalue weighted by atomic mass is 19.4. The number of carbonyl (C=O) groups is 2. The van der Waals surface area contributed by atoms with Crippen LogP contribution in [0.2, 0.25) is 0 Å². The molecular weight excluding hydrogens is 604 g/mol. The highest BCUT2D eigenvalue weighted by Crippen LogP contribution is 2.41. The molecule has 4 rings (SSSR count). The number of halogens is 8. The molecule has 43 heavy (non-hydrogen) atoms. The summed E-state index contributed by atoms with van der Waals surface area (Å²) in [4.78, 5) is 38.7. The predicted molar refractivity (Wildman–Crippen MR) is 132 cm³/mol. The van der Waals surface area contributed by atoms with E-state index in [0.29, 0.717) is 36.5 Å². The van der Waals surface area contributed by atoms with Gasteiger partial charge in [0.05, 0.1) is 6.54 Å². The molecule has 0 aliphatic carbocycles. The molecule has 0 spiro atoms. The molecule has 1 aliphatic heterocycles. The zero-order chi connectivity index (χ0) is 31.7. The van der Waals surface area contributed by atoms with Crippen LogP contribution in [-0.2, 0) is 16.1 Å². The lowest BCUT2D eigenvalue weighted by Crippen LogP contribution is -2.43. The van der Waals surface area contributed by atoms with Crippen LogP contribution in [0.4, 0.5) is 40.8 Å². The van der Waals surface area contributed by atoms with E-state index in [9.17, 15) is 49.5 Å². The van der Waals surface area contributed by atoms with Crippen molar-refractivity contribution in [1.29, 1.82) is 0 Å². The fraction of sp³-hybridized carbons (Fsp3) is 0.333. The summed E-state index contributed by atoms with van der Waals surface area (Å²) in [6, 6.07) is 6.54. The molecule has 0 atom stereocenters. The molecule has 1 aliphatic rings. The zero-order valence-electron chi connectivity index (χ0n) is 21.6. The molecule has 2 aromatic heterocycles. The summed E-state index contributed by atoms with van der Waals surface area (Å²) in [6.07, 6.45) is -13.7. The van der Waals surface area contributed by atoms with Crippen molar-refractivity contribution in [3.63, 3.8) is 0 Å². The van der Waals surface area contributed by atoms with Crippen molar-refractivity contribution in [2.75, 3.05) is 37.6 Å². The van der Waals surface area contributed by atoms with E-state index in [1.54, 1.807) is 0 Å². The van der Waals surface area contributed by atoms with Crippen LogP contribution in [0.25, 0.3) is 16.8 Å². The minimum absolute atomic E-state index is 0.0602. The van der Waals surface area contributed by atoms with E-state index < -0.39 is 77.6 Å². The molecular formula is C24H20F8N6O5. The smallest absolute Gasteiger partial charge is 0.413 e. The topological polar surface area (TPSA) is 133 Å². The number of fused-ring (bicyclic) bond motifs is 1. The normalized spacial score (nSPS) is 14.1. The number of hydrogen-bond donors (Lipinski definition) is 2. The standard InChI is InChI=1S/C24H20F8N6O5/c25-18(26)13(10-33)11-37-22(41)38-16(35-37)9-15(12-1-3-14(4-2-12)36-7-5-34-6-8-36)17(42-20(39)23(27,28)29)19(38)43-21(40)24(30,31)32/h1-4,9,34H,5-8,10-11,33H2. The van der Waals surface area contributed by atoms with Gasteiger partial charge < -0.3 is 25.4 Å². The third-order valence-corrected chi connectivity index (χ3v) is 6.14. The number of nitrogens with two attached hydrogens (primary N) is 1. The van der Waals surface area contributed by atoms with Crippen LogP contribution in [0.1, 0.15) is 0 Å². The van der Waals surface area contributed by atoms with Crippen LogP contribution in [0, 0.1) is 0 Å². The van der Waals surface area contributed by atoms with E-state index in [1.807, 2.05) is 4.90 Å². The number of esters is 2. The van der Waals surface area contributed by atoms with Crippen LogP contribution >= 0.6 is 0 Å². The summed E-state index contributed by atoms with van der Waals surface area (Å²) in [6.45, 7) is 0.784. The predicted octanol–water partition coefficient (Wildman–Crippen LogP) is 2.62. The summed E-state index contributed by atoms with van der Waals surface area (Å²) in [5.74, 6) is -8.92. The Morgan fingerprint density at radius 3 is 2.07 bits per heavy atom. The third-order valence-electron chi connectivity index (χ3n) is 6.14. The number of piperazine rings is 1. The van der Waals surface area contributed by atoms with Gasteiger partial charge in [0.1, 0.15) is 0 Å². The number of pyridine rings is 1. The minimum Gasteiger partial charge on any atom is -0.413 e. The van der Waals surface area contributed by atoms with Crippen LogP contribution in [-0.4, -0.2) is 71.2 Å². The Labute approximate surface area is 235 Å². The number of carbonyl (C=O) groups excluding carboxylic acids is 2. The lowest BCUT2D eigenvalue weighted by molar-refractivity contribution is -0.192. The number of ether oxygens (including phenoxy) is 2. The van der Waals surface area contributed by atoms with Gasteiger partial charge in [0.2, 0.25) is 0 Å². The Morgan fingerprint density at radius 1 is 0.953 bits per heavy atom. The first-order valence-electron chi connectivity index (χ1n) is 12.2. The van der Waals surface area contributed by atoms with Gasteiger partial charge in [-0.05, 0) is 23.8 Å². The number of hydrogen-bond acceptors (Lipinski definition) is 9. The summed E-state index contributed by atoms with van der Waals surface area (Å²) >= 11 is 0. The quantitative estimate of drug-likeness (QED) is 0.301. The molecule has 0 saturated carbocycles. The number of benzene rings is 1. The summed E-state index contributed by atoms with van der Waals surface area (Å²) in [5.41, 5.74) is 2.30. The Balaban J connectivity index is 1.98. The molecule has 1 saturated heterocycles. The summed E-state index contributed by atoms with van der Waals surface area (Å²) in [7, 11) is 0. The van der Waals surface area contributed by atoms with Gasteiger partial charge >= 0.3 is 30.0 Å². The fourth-order valence-corrected chi connectivity index (χ4v) is 4.08. The molecule has 1 aromatic carbocycles. The van der Waals surface area contributed by atoms with Crippen LogP contribution in [0.15, 0.2) is 46.8 Å². The van der Waals surface area contributed by atoms with E-state index in [4.69, 9.17) is 5.73 Å². The van der Waals surface area contributed by atoms with E-state index in [2.05, 4.69) is 19.9 Å². The lowest BCUT2D eigenvalue weighted by atomic mass is 10.0. The van der Waals surface area contributed by atoms with Gasteiger partial charge in [-0.15, -0.1) is 5.10 Å². The summed E-state index contributed by atoms with van der Waals surface area (Å²) in [5, 5.41) is 6.90. The highest BCUT2D eigenvalue weighted by molar-refractivity contribution is 5.86. The molecule has 3 heterocycles. The third kappa shape index (κ3) is 6.77. The molecule has 19 heteroatoms. The Kier molecular flexibility index (Phi) is 8.76. The number of nitrogens with one attached hydrogen (secondary N) is 1. The summed E-state index contributed by atoms with van der Waals surface area (Å²) < 4.78 is 115. The first kappa shape index (κ1) is 31.4. The molecule has 0 radical (unpaired) electrons. The van der Waals surface area contributed by atoms with Crippen LogP contribution < -0.4 is 31.1 Å². The maximum atomic E-state index is 13.2. The van der Waals surface area contributed by atoms with E-state index >= 15 is 0 Å². The maximum absolute atomic E-state index is 13.2. The monoisotopic (exact) mass is 624 g/mol. The number of anilines is 1. The molecule has 11 nitrogen and oxygen atoms in total. The molecule has 1 fully saturated rings. The lowest BCUT2D eigenvalue weighted by Gasteiger charge is -2.29. The van der Waals surface area contributed by atoms with Gasteiger partial charge in [-0.25, -0.2) is 23.5 Å². The van der Waals surface area contributed by atoms with Crippen molar-refractivity contribution < 1.29 is 54.2 Å². The second-order valence-electron chi connectivity index (χ2n) is 8.95. The van der Waals surface area contributed by atoms with Gasteiger partial charge in [0.25, 0.3) is 12.0 Å². The molecule has 0 bridgehead atoms. The van der Waals surface area contributed by atoms with Crippen molar-refractivity contribution >= 4 is 23.3 Å². The molecule has 0 amide bonds. The second kappa shape index (κ2) is 12.0. The van der Waals surface area contributed by atoms with Crippen molar-refractivity contribution in [1.82, 2.24) is 19.5 Å². The van der Waals surface area contributed by atoms with Crippen LogP contribution in [0.3, 0.4) is 0 Å². The average Bonchev–Trinajstić information content (AvgIpc) is 3.26. The van der Waals surface area contributed by atoms with Gasteiger partial charge in [-0.2, -0.15) is 35.1 Å². The SMILES string of the molecule is NCC(Cn1nc2cc(-c3ccc(N4CCNCC4)cc3)c(OC(=O)C(F)(F)F)c(OC(=O)C(F)(F)F)n2c1=O)=C(F)F. The number of nitrogens with zero attached hydrogens (tertiary/aromatic N) is 4. The Morgan fingerprint density at radius 2 is 1.53 bits per heavy atom. The molecule has 0 unspecified atom stereocenters. The molecule has 3 N–H and O–H groups in total. The van der Waals surface area contributed by atoms with Crippen LogP contribution in [0.5, 0.6) is 11.6 Å². The number of rotatable bonds is 7. The fourth-order valence-electron chi connectivity index (χ4n) is 4.08. The Bertz CT molecular complexity index is 1620. The number of aromatic nitrogens is 3. The minimum atomic E-state index is -5.73. The van der Waals surface area contributed by atoms with Gasteiger partial charge in [-0.1, -0.05) is 12.1 Å². The average molecular weight is 624 g/mol. The van der Waals surface area contributed by atoms with E-state index in [-0.39, 0.29) is 9.96 Å². The van der Waals surface area contributed by atoms with Crippen molar-refractivity contribution in [3.05, 3.63) is 52.5 Å². The van der Waals surface area contributed by atoms with Crippen molar-refractivity contribution in [3.8, 4) is 22.8 Å². The first-order valence-corrected chi connectivity index (χ1v) is 12.2. The first-order chi connectivity index (χ1) is 20.1. The second-order valence-corrected chi connectivity index (χ2v) is 8.95. The van der Waals surface area contributed by atoms with E-state index in [1.165, 1.54) is 24.3 Å². The van der Waals surface area contributed by atoms with Gasteiger partial charge in [0.15, 0.2) is 11.4 Å². The Hall–Kier alpha value is -4.52. The molecule has 3 aromatic rings. The van der Waals surface area contributed by atoms with Crippen molar-refractivity contribution in [2.24, 2.45) is 5.73 Å². The number of alkyl halides is 6. The van der Waals surface area contributed by atoms with Gasteiger partial charge in [-0.3, -0.25) is 0 Å². The van der Waals surface area contributed by atoms with E-state index in [0.717, 1.165) is 6.07 Å². The largest absolute Gasteiger partial charge is 0.491 e.